The number of methoxy groups -OCH3 is 1. The highest BCUT2D eigenvalue weighted by molar-refractivity contribution is 6.05. The van der Waals surface area contributed by atoms with E-state index >= 15 is 0 Å². The second kappa shape index (κ2) is 28.1. The van der Waals surface area contributed by atoms with Crippen molar-refractivity contribution in [3.8, 4) is 51.6 Å². The summed E-state index contributed by atoms with van der Waals surface area (Å²) >= 11 is 0. The van der Waals surface area contributed by atoms with E-state index in [4.69, 9.17) is 41.0 Å². The monoisotopic (exact) mass is 894 g/mol. The Morgan fingerprint density at radius 2 is 1.07 bits per heavy atom. The molecule has 0 bridgehead atoms. The molecule has 0 unspecified atom stereocenters. The first-order valence-corrected chi connectivity index (χ1v) is 19.8. The summed E-state index contributed by atoms with van der Waals surface area (Å²) in [5.41, 5.74) is 12.3. The summed E-state index contributed by atoms with van der Waals surface area (Å²) in [4.78, 5) is 73.7. The summed E-state index contributed by atoms with van der Waals surface area (Å²) in [5.74, 6) is 2.23. The van der Waals surface area contributed by atoms with Gasteiger partial charge in [0.05, 0.1) is 19.4 Å². The summed E-state index contributed by atoms with van der Waals surface area (Å²) in [5, 5.41) is 9.51. The van der Waals surface area contributed by atoms with Crippen LogP contribution in [0.15, 0.2) is 175 Å². The molecule has 0 aliphatic rings. The SMILES string of the molecule is COC(=O)CC(=O)c1ccc(C)cc1.Cc1ccc(-c2cc(=O)c(C#N)c(-c3ccc(Oc4ccccc4)cc3)[nH]2)cc1.O=C=O.O=C=O.[C-]#[N+]/C=C(\N)c1ccc(Oc2ccccc2)cc1. The Kier molecular flexibility index (Phi) is 21.6. The van der Waals surface area contributed by atoms with Crippen molar-refractivity contribution in [2.24, 2.45) is 5.73 Å². The second-order valence-corrected chi connectivity index (χ2v) is 13.6. The quantitative estimate of drug-likeness (QED) is 0.0567. The largest absolute Gasteiger partial charge is 0.469 e. The van der Waals surface area contributed by atoms with Crippen LogP contribution in [0.1, 0.15) is 39.0 Å². The zero-order valence-electron chi connectivity index (χ0n) is 36.4. The molecule has 0 saturated carbocycles. The lowest BCUT2D eigenvalue weighted by atomic mass is 10.0. The minimum absolute atomic E-state index is 0.0950. The van der Waals surface area contributed by atoms with Crippen LogP contribution in [0, 0.1) is 31.8 Å². The molecule has 7 rings (SSSR count). The van der Waals surface area contributed by atoms with Gasteiger partial charge in [-0.05, 0) is 91.2 Å². The number of pyridine rings is 1. The maximum absolute atomic E-state index is 12.5. The van der Waals surface area contributed by atoms with Crippen LogP contribution in [0.4, 0.5) is 0 Å². The molecular formula is C53H42N4O10. The molecule has 3 N–H and O–H groups in total. The number of nitrogens with one attached hydrogen (secondary N) is 1. The van der Waals surface area contributed by atoms with Crippen molar-refractivity contribution >= 4 is 29.8 Å². The van der Waals surface area contributed by atoms with Gasteiger partial charge in [0.2, 0.25) is 5.43 Å². The lowest BCUT2D eigenvalue weighted by molar-refractivity contribution is -0.193. The number of H-pyrrole nitrogens is 1. The molecule has 0 aliphatic carbocycles. The van der Waals surface area contributed by atoms with Gasteiger partial charge in [0.15, 0.2) is 12.0 Å². The molecule has 0 radical (unpaired) electrons. The number of hydrogen-bond donors (Lipinski definition) is 2. The summed E-state index contributed by atoms with van der Waals surface area (Å²) in [6.45, 7) is 10.7. The van der Waals surface area contributed by atoms with Crippen LogP contribution >= 0.6 is 0 Å². The fourth-order valence-electron chi connectivity index (χ4n) is 5.62. The molecule has 0 aliphatic heterocycles. The van der Waals surface area contributed by atoms with Gasteiger partial charge in [-0.3, -0.25) is 14.4 Å². The van der Waals surface area contributed by atoms with Gasteiger partial charge >= 0.3 is 18.3 Å². The number of hydrogen-bond acceptors (Lipinski definition) is 12. The number of nitrogens with two attached hydrogens (primary N) is 1. The predicted octanol–water partition coefficient (Wildman–Crippen LogP) is 9.91. The number of ether oxygens (including phenoxy) is 3. The fraction of sp³-hybridized carbons (Fsp3) is 0.0755. The first kappa shape index (κ1) is 51.6. The Bertz CT molecular complexity index is 2910. The lowest BCUT2D eigenvalue weighted by Crippen LogP contribution is -2.09. The Morgan fingerprint density at radius 3 is 1.52 bits per heavy atom. The smallest absolute Gasteiger partial charge is 0.373 e. The lowest BCUT2D eigenvalue weighted by Gasteiger charge is -2.10. The third-order valence-corrected chi connectivity index (χ3v) is 8.90. The van der Waals surface area contributed by atoms with E-state index in [0.717, 1.165) is 45.1 Å². The van der Waals surface area contributed by atoms with Crippen LogP contribution in [0.3, 0.4) is 0 Å². The number of nitriles is 1. The zero-order valence-corrected chi connectivity index (χ0v) is 36.4. The standard InChI is InChI=1S/C25H18N2O2.C15H12N2O.C11H12O3.2CO2/c1-17-7-9-18(10-8-17)23-15-24(28)22(16-26)25(27-23)19-11-13-21(14-12-19)29-20-5-3-2-4-6-20;1-17-11-15(16)12-7-9-14(10-8-12)18-13-5-3-2-4-6-13;1-8-3-5-9(6-4-8)10(12)7-11(13)14-2;2*2-1-3/h2-15H,1H3,(H,27,28);2-11H,16H2;3-6H,7H2,1-2H3;;/b;15-11-;;;. The van der Waals surface area contributed by atoms with Crippen LogP contribution in [-0.2, 0) is 28.7 Å². The zero-order chi connectivity index (χ0) is 49.0. The highest BCUT2D eigenvalue weighted by atomic mass is 16.5. The van der Waals surface area contributed by atoms with E-state index in [-0.39, 0.29) is 35.5 Å². The number of benzene rings is 6. The number of Topliss-reactive ketones (excluding diaryl/α,β-unsaturated/α-hetero) is 1. The maximum Gasteiger partial charge on any atom is 0.373 e. The topological polar surface area (TPSA) is 217 Å². The van der Waals surface area contributed by atoms with Gasteiger partial charge in [-0.2, -0.15) is 24.4 Å². The Balaban J connectivity index is 0.000000268. The number of ketones is 1. The third kappa shape index (κ3) is 17.5. The van der Waals surface area contributed by atoms with Crippen molar-refractivity contribution in [1.82, 2.24) is 4.98 Å². The summed E-state index contributed by atoms with van der Waals surface area (Å²) < 4.78 is 15.9. The summed E-state index contributed by atoms with van der Waals surface area (Å²) in [6.07, 6.45) is 1.60. The van der Waals surface area contributed by atoms with Gasteiger partial charge < -0.3 is 24.9 Å². The van der Waals surface area contributed by atoms with E-state index in [9.17, 15) is 19.6 Å². The van der Waals surface area contributed by atoms with E-state index in [0.29, 0.717) is 28.4 Å². The van der Waals surface area contributed by atoms with Crippen LogP contribution in [-0.4, -0.2) is 36.1 Å². The first-order chi connectivity index (χ1) is 32.4. The normalized spacial score (nSPS) is 9.60. The molecule has 6 aromatic carbocycles. The number of carbonyl (C=O) groups is 2. The highest BCUT2D eigenvalue weighted by Gasteiger charge is 2.14. The molecule has 0 fully saturated rings. The summed E-state index contributed by atoms with van der Waals surface area (Å²) in [7, 11) is 1.27. The van der Waals surface area contributed by atoms with Crippen molar-refractivity contribution in [3.05, 3.63) is 219 Å². The number of carbonyl (C=O) groups excluding carboxylic acids is 6. The van der Waals surface area contributed by atoms with Crippen LogP contribution in [0.25, 0.3) is 33.1 Å². The number of aromatic amines is 1. The first-order valence-electron chi connectivity index (χ1n) is 19.8. The van der Waals surface area contributed by atoms with Crippen molar-refractivity contribution in [1.29, 1.82) is 5.26 Å². The van der Waals surface area contributed by atoms with Gasteiger partial charge in [-0.1, -0.05) is 108 Å². The van der Waals surface area contributed by atoms with Crippen molar-refractivity contribution < 1.29 is 43.0 Å². The molecule has 14 nitrogen and oxygen atoms in total. The molecule has 0 atom stereocenters. The number of nitrogens with zero attached hydrogens (tertiary/aromatic N) is 2. The fourth-order valence-corrected chi connectivity index (χ4v) is 5.62. The number of esters is 1. The predicted molar refractivity (Wildman–Crippen MR) is 248 cm³/mol. The Morgan fingerprint density at radius 1 is 0.657 bits per heavy atom. The van der Waals surface area contributed by atoms with Gasteiger partial charge in [0.25, 0.3) is 0 Å². The van der Waals surface area contributed by atoms with Crippen molar-refractivity contribution in [2.75, 3.05) is 7.11 Å². The van der Waals surface area contributed by atoms with E-state index < -0.39 is 5.97 Å². The van der Waals surface area contributed by atoms with E-state index in [1.54, 1.807) is 12.1 Å². The van der Waals surface area contributed by atoms with E-state index in [1.807, 2.05) is 166 Å². The molecule has 334 valence electrons. The van der Waals surface area contributed by atoms with Gasteiger partial charge in [-0.15, -0.1) is 0 Å². The Labute approximate surface area is 386 Å². The van der Waals surface area contributed by atoms with Crippen molar-refractivity contribution in [2.45, 2.75) is 20.3 Å². The minimum Gasteiger partial charge on any atom is -0.469 e. The van der Waals surface area contributed by atoms with E-state index in [2.05, 4.69) is 14.6 Å². The molecule has 7 aromatic rings. The van der Waals surface area contributed by atoms with E-state index in [1.165, 1.54) is 19.4 Å². The van der Waals surface area contributed by atoms with Gasteiger partial charge in [0.1, 0.15) is 41.1 Å². The second-order valence-electron chi connectivity index (χ2n) is 13.6. The number of aromatic nitrogens is 1. The Hall–Kier alpha value is -9.71. The van der Waals surface area contributed by atoms with Crippen LogP contribution < -0.4 is 20.6 Å². The minimum atomic E-state index is -0.504. The van der Waals surface area contributed by atoms with Crippen LogP contribution in [0.2, 0.25) is 0 Å². The molecule has 0 spiro atoms. The highest BCUT2D eigenvalue weighted by Crippen LogP contribution is 2.28. The summed E-state index contributed by atoms with van der Waals surface area (Å²) in [6, 6.07) is 52.1. The van der Waals surface area contributed by atoms with Gasteiger partial charge in [0, 0.05) is 23.0 Å². The molecule has 14 heteroatoms. The molecule has 1 aromatic heterocycles. The maximum atomic E-state index is 12.5. The number of aryl methyl sites for hydroxylation is 2. The van der Waals surface area contributed by atoms with Crippen LogP contribution in [0.5, 0.6) is 23.0 Å². The average Bonchev–Trinajstić information content (AvgIpc) is 3.34. The number of para-hydroxylation sites is 2. The number of rotatable bonds is 10. The molecular weight excluding hydrogens is 853 g/mol. The third-order valence-electron chi connectivity index (χ3n) is 8.90. The average molecular weight is 895 g/mol. The molecule has 1 heterocycles. The molecule has 0 amide bonds. The van der Waals surface area contributed by atoms with Gasteiger partial charge in [-0.25, -0.2) is 4.85 Å². The molecule has 67 heavy (non-hydrogen) atoms. The molecule has 0 saturated heterocycles. The van der Waals surface area contributed by atoms with Crippen molar-refractivity contribution in [3.63, 3.8) is 0 Å².